The predicted octanol–water partition coefficient (Wildman–Crippen LogP) is 4.37. The molecular formula is C23H33NO6. The highest BCUT2D eigenvalue weighted by Crippen LogP contribution is 2.32. The maximum Gasteiger partial charge on any atom is 0.341 e. The molecular weight excluding hydrogens is 386 g/mol. The van der Waals surface area contributed by atoms with Crippen LogP contribution in [0.5, 0.6) is 5.75 Å². The van der Waals surface area contributed by atoms with Gasteiger partial charge >= 0.3 is 11.9 Å². The van der Waals surface area contributed by atoms with Gasteiger partial charge in [0.2, 0.25) is 0 Å². The van der Waals surface area contributed by atoms with Gasteiger partial charge in [-0.3, -0.25) is 0 Å². The van der Waals surface area contributed by atoms with Crippen molar-refractivity contribution in [1.82, 2.24) is 4.98 Å². The topological polar surface area (TPSA) is 97.9 Å². The molecule has 1 aromatic carbocycles. The fourth-order valence-electron chi connectivity index (χ4n) is 3.36. The molecule has 0 spiro atoms. The van der Waals surface area contributed by atoms with E-state index in [1.54, 1.807) is 13.0 Å². The molecule has 0 bridgehead atoms. The van der Waals surface area contributed by atoms with Crippen LogP contribution in [0.25, 0.3) is 10.9 Å². The number of aromatic amines is 1. The van der Waals surface area contributed by atoms with Crippen LogP contribution in [0.3, 0.4) is 0 Å². The van der Waals surface area contributed by atoms with Gasteiger partial charge in [-0.15, -0.1) is 0 Å². The summed E-state index contributed by atoms with van der Waals surface area (Å²) in [5, 5.41) is 9.73. The van der Waals surface area contributed by atoms with Gasteiger partial charge in [0.1, 0.15) is 5.75 Å². The summed E-state index contributed by atoms with van der Waals surface area (Å²) in [6, 6.07) is 3.70. The van der Waals surface area contributed by atoms with Crippen LogP contribution in [-0.2, 0) is 27.1 Å². The van der Waals surface area contributed by atoms with Gasteiger partial charge in [-0.05, 0) is 63.1 Å². The van der Waals surface area contributed by atoms with Crippen LogP contribution in [0.2, 0.25) is 0 Å². The molecule has 0 aliphatic heterocycles. The van der Waals surface area contributed by atoms with E-state index in [1.807, 2.05) is 13.0 Å². The molecule has 0 saturated heterocycles. The molecule has 0 aliphatic rings. The number of fused-ring (bicyclic) bond motifs is 1. The van der Waals surface area contributed by atoms with Crippen LogP contribution in [0.15, 0.2) is 12.1 Å². The molecule has 0 amide bonds. The van der Waals surface area contributed by atoms with Gasteiger partial charge in [0, 0.05) is 29.8 Å². The number of aryl methyl sites for hydroxylation is 2. The van der Waals surface area contributed by atoms with Crippen molar-refractivity contribution in [2.45, 2.75) is 53.4 Å². The number of ether oxygens (including phenoxy) is 3. The molecule has 0 atom stereocenters. The molecule has 2 N–H and O–H groups in total. The van der Waals surface area contributed by atoms with E-state index in [2.05, 4.69) is 18.8 Å². The molecule has 2 aromatic rings. The Kier molecular flexibility index (Phi) is 9.17. The lowest BCUT2D eigenvalue weighted by Gasteiger charge is -2.11. The lowest BCUT2D eigenvalue weighted by Crippen LogP contribution is -2.11. The number of carbonyl (C=O) groups is 2. The van der Waals surface area contributed by atoms with Crippen LogP contribution < -0.4 is 4.74 Å². The first-order valence-electron chi connectivity index (χ1n) is 10.6. The number of H-pyrrole nitrogens is 1. The zero-order chi connectivity index (χ0) is 22.1. The SMILES string of the molecule is CCOCCCc1cc2[nH]c(CCC(C)C)c(C(=O)OCC)c2cc1OCC(=O)O. The molecule has 0 saturated carbocycles. The maximum absolute atomic E-state index is 12.7. The first-order valence-corrected chi connectivity index (χ1v) is 10.6. The minimum Gasteiger partial charge on any atom is -0.482 e. The second-order valence-corrected chi connectivity index (χ2v) is 7.62. The predicted molar refractivity (Wildman–Crippen MR) is 115 cm³/mol. The van der Waals surface area contributed by atoms with E-state index in [9.17, 15) is 9.59 Å². The van der Waals surface area contributed by atoms with E-state index < -0.39 is 12.6 Å². The van der Waals surface area contributed by atoms with Gasteiger partial charge in [-0.2, -0.15) is 0 Å². The smallest absolute Gasteiger partial charge is 0.341 e. The first kappa shape index (κ1) is 23.7. The van der Waals surface area contributed by atoms with E-state index in [1.165, 1.54) is 0 Å². The van der Waals surface area contributed by atoms with Crippen molar-refractivity contribution in [2.24, 2.45) is 5.92 Å². The second kappa shape index (κ2) is 11.6. The number of esters is 1. The quantitative estimate of drug-likeness (QED) is 0.370. The number of aromatic nitrogens is 1. The van der Waals surface area contributed by atoms with Crippen molar-refractivity contribution < 1.29 is 28.9 Å². The van der Waals surface area contributed by atoms with E-state index >= 15 is 0 Å². The number of aliphatic carboxylic acids is 1. The third kappa shape index (κ3) is 6.49. The summed E-state index contributed by atoms with van der Waals surface area (Å²) in [4.78, 5) is 27.1. The van der Waals surface area contributed by atoms with E-state index in [4.69, 9.17) is 19.3 Å². The van der Waals surface area contributed by atoms with Crippen molar-refractivity contribution in [3.8, 4) is 5.75 Å². The number of rotatable bonds is 13. The van der Waals surface area contributed by atoms with Crippen LogP contribution in [-0.4, -0.2) is 48.5 Å². The Balaban J connectivity index is 2.48. The lowest BCUT2D eigenvalue weighted by molar-refractivity contribution is -0.139. The van der Waals surface area contributed by atoms with Crippen LogP contribution >= 0.6 is 0 Å². The summed E-state index contributed by atoms with van der Waals surface area (Å²) in [5.74, 6) is -0.458. The standard InChI is InChI=1S/C23H33NO6/c1-5-28-11-7-8-16-12-19-17(13-20(16)30-14-21(25)26)22(23(27)29-6-2)18(24-19)10-9-15(3)4/h12-13,15,24H,5-11,14H2,1-4H3,(H,25,26). The largest absolute Gasteiger partial charge is 0.482 e. The zero-order valence-electron chi connectivity index (χ0n) is 18.4. The Labute approximate surface area is 177 Å². The monoisotopic (exact) mass is 419 g/mol. The number of benzene rings is 1. The maximum atomic E-state index is 12.7. The summed E-state index contributed by atoms with van der Waals surface area (Å²) >= 11 is 0. The minimum absolute atomic E-state index is 0.285. The molecule has 30 heavy (non-hydrogen) atoms. The average Bonchev–Trinajstić information content (AvgIpc) is 3.05. The van der Waals surface area contributed by atoms with Gasteiger partial charge in [0.25, 0.3) is 0 Å². The van der Waals surface area contributed by atoms with Crippen molar-refractivity contribution in [2.75, 3.05) is 26.4 Å². The van der Waals surface area contributed by atoms with Gasteiger partial charge < -0.3 is 24.3 Å². The number of carboxylic acids is 1. The van der Waals surface area contributed by atoms with Crippen LogP contribution in [0.1, 0.15) is 62.2 Å². The van der Waals surface area contributed by atoms with Gasteiger partial charge in [0.15, 0.2) is 6.61 Å². The summed E-state index contributed by atoms with van der Waals surface area (Å²) in [6.45, 7) is 9.12. The highest BCUT2D eigenvalue weighted by molar-refractivity contribution is 6.06. The fourth-order valence-corrected chi connectivity index (χ4v) is 3.36. The van der Waals surface area contributed by atoms with Gasteiger partial charge in [-0.25, -0.2) is 9.59 Å². The van der Waals surface area contributed by atoms with E-state index in [-0.39, 0.29) is 12.6 Å². The third-order valence-electron chi connectivity index (χ3n) is 4.80. The summed E-state index contributed by atoms with van der Waals surface area (Å²) in [6.07, 6.45) is 3.13. The minimum atomic E-state index is -1.05. The third-order valence-corrected chi connectivity index (χ3v) is 4.80. The van der Waals surface area contributed by atoms with Crippen molar-refractivity contribution in [3.63, 3.8) is 0 Å². The zero-order valence-corrected chi connectivity index (χ0v) is 18.4. The number of carboxylic acid groups (broad SMARTS) is 1. The highest BCUT2D eigenvalue weighted by atomic mass is 16.5. The molecule has 166 valence electrons. The van der Waals surface area contributed by atoms with Crippen LogP contribution in [0, 0.1) is 5.92 Å². The summed E-state index contributed by atoms with van der Waals surface area (Å²) in [7, 11) is 0. The number of hydrogen-bond acceptors (Lipinski definition) is 5. The molecule has 7 heteroatoms. The normalized spacial score (nSPS) is 11.2. The number of hydrogen-bond donors (Lipinski definition) is 2. The summed E-state index contributed by atoms with van der Waals surface area (Å²) < 4.78 is 16.3. The van der Waals surface area contributed by atoms with Gasteiger partial charge in [-0.1, -0.05) is 13.8 Å². The van der Waals surface area contributed by atoms with Crippen molar-refractivity contribution in [3.05, 3.63) is 29.0 Å². The number of nitrogens with one attached hydrogen (secondary N) is 1. The van der Waals surface area contributed by atoms with E-state index in [0.29, 0.717) is 42.3 Å². The molecule has 0 fully saturated rings. The highest BCUT2D eigenvalue weighted by Gasteiger charge is 2.22. The molecule has 7 nitrogen and oxygen atoms in total. The summed E-state index contributed by atoms with van der Waals surface area (Å²) in [5.41, 5.74) is 3.06. The molecule has 1 aromatic heterocycles. The average molecular weight is 420 g/mol. The Morgan fingerprint density at radius 1 is 1.13 bits per heavy atom. The molecule has 0 aliphatic carbocycles. The van der Waals surface area contributed by atoms with Crippen molar-refractivity contribution >= 4 is 22.8 Å². The Morgan fingerprint density at radius 3 is 2.53 bits per heavy atom. The second-order valence-electron chi connectivity index (χ2n) is 7.62. The number of carbonyl (C=O) groups excluding carboxylic acids is 1. The lowest BCUT2D eigenvalue weighted by atomic mass is 10.0. The van der Waals surface area contributed by atoms with Gasteiger partial charge in [0.05, 0.1) is 12.2 Å². The molecule has 2 rings (SSSR count). The van der Waals surface area contributed by atoms with E-state index in [0.717, 1.165) is 36.0 Å². The van der Waals surface area contributed by atoms with Crippen molar-refractivity contribution in [1.29, 1.82) is 0 Å². The Bertz CT molecular complexity index is 855. The fraction of sp³-hybridized carbons (Fsp3) is 0.565. The molecule has 0 radical (unpaired) electrons. The molecule has 1 heterocycles. The first-order chi connectivity index (χ1) is 14.4. The Hall–Kier alpha value is -2.54. The molecule has 0 unspecified atom stereocenters. The van der Waals surface area contributed by atoms with Crippen LogP contribution in [0.4, 0.5) is 0 Å². The Morgan fingerprint density at radius 2 is 1.90 bits per heavy atom.